The van der Waals surface area contributed by atoms with Crippen LogP contribution in [0.2, 0.25) is 0 Å². The Bertz CT molecular complexity index is 395. The molecule has 0 radical (unpaired) electrons. The molecule has 1 aliphatic heterocycles. The van der Waals surface area contributed by atoms with Crippen LogP contribution in [0.25, 0.3) is 0 Å². The Balaban J connectivity index is 2.32. The Hall–Kier alpha value is -0.610. The molecule has 0 saturated heterocycles. The summed E-state index contributed by atoms with van der Waals surface area (Å²) in [4.78, 5) is 0.600. The van der Waals surface area contributed by atoms with Gasteiger partial charge in [-0.1, -0.05) is 13.8 Å². The maximum absolute atomic E-state index is 13.5. The van der Waals surface area contributed by atoms with E-state index in [0.29, 0.717) is 4.90 Å². The summed E-state index contributed by atoms with van der Waals surface area (Å²) in [6, 6.07) is 2.47. The van der Waals surface area contributed by atoms with Crippen molar-refractivity contribution < 1.29 is 8.78 Å². The van der Waals surface area contributed by atoms with Crippen molar-refractivity contribution in [3.63, 3.8) is 0 Å². The Kier molecular flexibility index (Phi) is 3.50. The number of fused-ring (bicyclic) bond motifs is 1. The number of hydrogen-bond acceptors (Lipinski definition) is 2. The van der Waals surface area contributed by atoms with Crippen LogP contribution in [0.1, 0.15) is 31.9 Å². The fourth-order valence-electron chi connectivity index (χ4n) is 2.02. The number of hydrogen-bond donors (Lipinski definition) is 1. The number of benzene rings is 1. The molecule has 1 N–H and O–H groups in total. The van der Waals surface area contributed by atoms with Gasteiger partial charge in [0.25, 0.3) is 0 Å². The summed E-state index contributed by atoms with van der Waals surface area (Å²) >= 11 is 1.48. The Morgan fingerprint density at radius 3 is 2.81 bits per heavy atom. The van der Waals surface area contributed by atoms with Crippen molar-refractivity contribution >= 4 is 11.8 Å². The second-order valence-electron chi connectivity index (χ2n) is 4.06. The smallest absolute Gasteiger partial charge is 0.140 e. The molecular formula is C12H15F2NS. The third kappa shape index (κ3) is 2.09. The quantitative estimate of drug-likeness (QED) is 0.872. The fraction of sp³-hybridized carbons (Fsp3) is 0.500. The molecule has 0 spiro atoms. The van der Waals surface area contributed by atoms with Gasteiger partial charge in [-0.25, -0.2) is 8.78 Å². The highest BCUT2D eigenvalue weighted by Crippen LogP contribution is 2.45. The van der Waals surface area contributed by atoms with E-state index in [1.165, 1.54) is 17.8 Å². The van der Waals surface area contributed by atoms with Crippen LogP contribution in [0.5, 0.6) is 0 Å². The van der Waals surface area contributed by atoms with Gasteiger partial charge in [-0.3, -0.25) is 0 Å². The summed E-state index contributed by atoms with van der Waals surface area (Å²) in [5, 5.41) is 3.59. The van der Waals surface area contributed by atoms with Gasteiger partial charge in [0.2, 0.25) is 0 Å². The van der Waals surface area contributed by atoms with Crippen molar-refractivity contribution in [1.82, 2.24) is 5.32 Å². The highest BCUT2D eigenvalue weighted by molar-refractivity contribution is 8.00. The van der Waals surface area contributed by atoms with Crippen molar-refractivity contribution in [3.05, 3.63) is 29.3 Å². The first-order valence-electron chi connectivity index (χ1n) is 5.52. The van der Waals surface area contributed by atoms with Crippen molar-refractivity contribution in [3.8, 4) is 0 Å². The molecular weight excluding hydrogens is 228 g/mol. The van der Waals surface area contributed by atoms with Crippen molar-refractivity contribution in [2.45, 2.75) is 36.5 Å². The van der Waals surface area contributed by atoms with E-state index in [4.69, 9.17) is 0 Å². The second-order valence-corrected chi connectivity index (χ2v) is 5.45. The first-order valence-corrected chi connectivity index (χ1v) is 6.40. The van der Waals surface area contributed by atoms with Crippen LogP contribution in [-0.2, 0) is 0 Å². The minimum Gasteiger partial charge on any atom is -0.309 e. The average Bonchev–Trinajstić information content (AvgIpc) is 2.53. The molecule has 16 heavy (non-hydrogen) atoms. The third-order valence-electron chi connectivity index (χ3n) is 2.76. The summed E-state index contributed by atoms with van der Waals surface area (Å²) in [5.74, 6) is -0.929. The molecule has 1 aliphatic rings. The first kappa shape index (κ1) is 11.9. The molecule has 0 bridgehead atoms. The van der Waals surface area contributed by atoms with Crippen molar-refractivity contribution in [2.24, 2.45) is 0 Å². The van der Waals surface area contributed by atoms with E-state index in [9.17, 15) is 8.78 Å². The van der Waals surface area contributed by atoms with Gasteiger partial charge in [0.05, 0.1) is 0 Å². The molecule has 4 heteroatoms. The minimum atomic E-state index is -0.491. The molecule has 0 amide bonds. The Labute approximate surface area is 98.6 Å². The SMILES string of the molecule is CCCNC1c2cc(F)cc(F)c2SC1C. The molecule has 0 aliphatic carbocycles. The highest BCUT2D eigenvalue weighted by atomic mass is 32.2. The predicted molar refractivity (Wildman–Crippen MR) is 62.7 cm³/mol. The van der Waals surface area contributed by atoms with Gasteiger partial charge in [-0.15, -0.1) is 11.8 Å². The molecule has 2 unspecified atom stereocenters. The standard InChI is InChI=1S/C12H15F2NS/c1-3-4-15-11-7(2)16-12-9(11)5-8(13)6-10(12)14/h5-7,11,15H,3-4H2,1-2H3. The van der Waals surface area contributed by atoms with Crippen LogP contribution in [0.15, 0.2) is 17.0 Å². The lowest BCUT2D eigenvalue weighted by molar-refractivity contribution is 0.513. The number of halogens is 2. The maximum Gasteiger partial charge on any atom is 0.140 e. The summed E-state index contributed by atoms with van der Waals surface area (Å²) in [6.07, 6.45) is 1.01. The first-order chi connectivity index (χ1) is 7.63. The summed E-state index contributed by atoms with van der Waals surface area (Å²) in [7, 11) is 0. The summed E-state index contributed by atoms with van der Waals surface area (Å²) < 4.78 is 26.7. The van der Waals surface area contributed by atoms with Gasteiger partial charge in [0.15, 0.2) is 0 Å². The largest absolute Gasteiger partial charge is 0.309 e. The number of thioether (sulfide) groups is 1. The number of nitrogens with one attached hydrogen (secondary N) is 1. The van der Waals surface area contributed by atoms with Crippen LogP contribution in [0.4, 0.5) is 8.78 Å². The van der Waals surface area contributed by atoms with Gasteiger partial charge in [0, 0.05) is 22.3 Å². The van der Waals surface area contributed by atoms with E-state index in [0.717, 1.165) is 24.6 Å². The van der Waals surface area contributed by atoms with Crippen LogP contribution in [0.3, 0.4) is 0 Å². The van der Waals surface area contributed by atoms with Gasteiger partial charge in [-0.2, -0.15) is 0 Å². The van der Waals surface area contributed by atoms with Crippen LogP contribution in [0, 0.1) is 11.6 Å². The average molecular weight is 243 g/mol. The molecule has 0 aromatic heterocycles. The lowest BCUT2D eigenvalue weighted by Crippen LogP contribution is -2.26. The number of rotatable bonds is 3. The third-order valence-corrected chi connectivity index (χ3v) is 4.07. The highest BCUT2D eigenvalue weighted by Gasteiger charge is 2.32. The monoisotopic (exact) mass is 243 g/mol. The van der Waals surface area contributed by atoms with Crippen molar-refractivity contribution in [2.75, 3.05) is 6.54 Å². The van der Waals surface area contributed by atoms with Crippen LogP contribution < -0.4 is 5.32 Å². The molecule has 1 aromatic carbocycles. The summed E-state index contributed by atoms with van der Waals surface area (Å²) in [6.45, 7) is 4.98. The summed E-state index contributed by atoms with van der Waals surface area (Å²) in [5.41, 5.74) is 0.767. The Morgan fingerprint density at radius 2 is 2.12 bits per heavy atom. The molecule has 1 aromatic rings. The van der Waals surface area contributed by atoms with Crippen LogP contribution >= 0.6 is 11.8 Å². The molecule has 2 atom stereocenters. The fourth-order valence-corrected chi connectivity index (χ4v) is 3.26. The van der Waals surface area contributed by atoms with E-state index >= 15 is 0 Å². The van der Waals surface area contributed by atoms with E-state index in [-0.39, 0.29) is 11.3 Å². The molecule has 1 nitrogen and oxygen atoms in total. The topological polar surface area (TPSA) is 12.0 Å². The molecule has 1 heterocycles. The lowest BCUT2D eigenvalue weighted by Gasteiger charge is -2.17. The zero-order valence-corrected chi connectivity index (χ0v) is 10.2. The van der Waals surface area contributed by atoms with E-state index < -0.39 is 11.6 Å². The van der Waals surface area contributed by atoms with Crippen LogP contribution in [-0.4, -0.2) is 11.8 Å². The second kappa shape index (κ2) is 4.72. The van der Waals surface area contributed by atoms with E-state index in [1.54, 1.807) is 0 Å². The predicted octanol–water partition coefficient (Wildman–Crippen LogP) is 3.50. The van der Waals surface area contributed by atoms with Gasteiger partial charge >= 0.3 is 0 Å². The maximum atomic E-state index is 13.5. The molecule has 88 valence electrons. The van der Waals surface area contributed by atoms with Gasteiger partial charge in [0.1, 0.15) is 11.6 Å². The lowest BCUT2D eigenvalue weighted by atomic mass is 10.0. The zero-order chi connectivity index (χ0) is 11.7. The van der Waals surface area contributed by atoms with E-state index in [2.05, 4.69) is 12.2 Å². The van der Waals surface area contributed by atoms with Gasteiger partial charge < -0.3 is 5.32 Å². The zero-order valence-electron chi connectivity index (χ0n) is 9.39. The minimum absolute atomic E-state index is 0.0603. The Morgan fingerprint density at radius 1 is 1.38 bits per heavy atom. The molecule has 0 saturated carbocycles. The van der Waals surface area contributed by atoms with E-state index in [1.807, 2.05) is 6.92 Å². The van der Waals surface area contributed by atoms with Crippen molar-refractivity contribution in [1.29, 1.82) is 0 Å². The molecule has 2 rings (SSSR count). The normalized spacial score (nSPS) is 23.5. The molecule has 0 fully saturated rings. The van der Waals surface area contributed by atoms with Gasteiger partial charge in [-0.05, 0) is 24.6 Å².